The first-order chi connectivity index (χ1) is 12.8. The third-order valence-corrected chi connectivity index (χ3v) is 4.22. The third kappa shape index (κ3) is 5.33. The van der Waals surface area contributed by atoms with E-state index in [1.165, 1.54) is 0 Å². The van der Waals surface area contributed by atoms with Gasteiger partial charge in [-0.3, -0.25) is 4.79 Å². The van der Waals surface area contributed by atoms with Gasteiger partial charge in [0.1, 0.15) is 5.75 Å². The van der Waals surface area contributed by atoms with Crippen molar-refractivity contribution in [3.05, 3.63) is 59.2 Å². The number of esters is 1. The molecule has 0 fully saturated rings. The molecule has 2 aromatic carbocycles. The second-order valence-electron chi connectivity index (χ2n) is 6.69. The number of nitrogens with one attached hydrogen (secondary N) is 1. The normalized spacial score (nSPS) is 11.8. The number of para-hydroxylation sites is 1. The lowest BCUT2D eigenvalue weighted by Crippen LogP contribution is -2.30. The number of amides is 1. The number of aryl methyl sites for hydroxylation is 1. The largest absolute Gasteiger partial charge is 0.481 e. The van der Waals surface area contributed by atoms with Crippen LogP contribution in [0.3, 0.4) is 0 Å². The molecule has 0 heterocycles. The van der Waals surface area contributed by atoms with Crippen molar-refractivity contribution >= 4 is 17.6 Å². The minimum Gasteiger partial charge on any atom is -0.481 e. The van der Waals surface area contributed by atoms with Crippen LogP contribution >= 0.6 is 0 Å². The Morgan fingerprint density at radius 1 is 1.07 bits per heavy atom. The quantitative estimate of drug-likeness (QED) is 0.719. The number of hydrogen-bond acceptors (Lipinski definition) is 4. The van der Waals surface area contributed by atoms with E-state index in [4.69, 9.17) is 9.47 Å². The van der Waals surface area contributed by atoms with Crippen LogP contribution in [0.5, 0.6) is 5.75 Å². The van der Waals surface area contributed by atoms with Crippen LogP contribution in [0.1, 0.15) is 55.1 Å². The van der Waals surface area contributed by atoms with Gasteiger partial charge in [0.15, 0.2) is 6.10 Å². The molecule has 0 aromatic heterocycles. The van der Waals surface area contributed by atoms with Gasteiger partial charge >= 0.3 is 5.97 Å². The van der Waals surface area contributed by atoms with E-state index >= 15 is 0 Å². The minimum absolute atomic E-state index is 0.280. The maximum Gasteiger partial charge on any atom is 0.338 e. The highest BCUT2D eigenvalue weighted by atomic mass is 16.5. The number of carbonyl (C=O) groups excluding carboxylic acids is 2. The lowest BCUT2D eigenvalue weighted by molar-refractivity contribution is -0.122. The molecule has 5 heteroatoms. The molecule has 0 bridgehead atoms. The summed E-state index contributed by atoms with van der Waals surface area (Å²) >= 11 is 0. The molecule has 5 nitrogen and oxygen atoms in total. The number of rotatable bonds is 7. The highest BCUT2D eigenvalue weighted by Crippen LogP contribution is 2.27. The molecular formula is C22H27NO4. The van der Waals surface area contributed by atoms with Gasteiger partial charge < -0.3 is 14.8 Å². The van der Waals surface area contributed by atoms with Gasteiger partial charge in [0, 0.05) is 5.69 Å². The molecule has 0 spiro atoms. The van der Waals surface area contributed by atoms with Gasteiger partial charge in [-0.25, -0.2) is 4.79 Å². The predicted octanol–water partition coefficient (Wildman–Crippen LogP) is 4.70. The molecule has 0 radical (unpaired) electrons. The number of anilines is 1. The number of hydrogen-bond donors (Lipinski definition) is 1. The van der Waals surface area contributed by atoms with Gasteiger partial charge in [-0.1, -0.05) is 38.1 Å². The van der Waals surface area contributed by atoms with Gasteiger partial charge in [0.25, 0.3) is 5.91 Å². The zero-order chi connectivity index (χ0) is 20.0. The van der Waals surface area contributed by atoms with Crippen LogP contribution in [-0.4, -0.2) is 24.6 Å². The second-order valence-corrected chi connectivity index (χ2v) is 6.69. The summed E-state index contributed by atoms with van der Waals surface area (Å²) in [6.45, 7) is 9.78. The first-order valence-corrected chi connectivity index (χ1v) is 9.17. The highest BCUT2D eigenvalue weighted by Gasteiger charge is 2.19. The first-order valence-electron chi connectivity index (χ1n) is 9.17. The Morgan fingerprint density at radius 3 is 2.44 bits per heavy atom. The summed E-state index contributed by atoms with van der Waals surface area (Å²) in [6.07, 6.45) is -0.685. The van der Waals surface area contributed by atoms with Crippen molar-refractivity contribution in [3.63, 3.8) is 0 Å². The molecule has 144 valence electrons. The molecule has 2 aromatic rings. The molecule has 0 aliphatic heterocycles. The maximum absolute atomic E-state index is 12.6. The number of ether oxygens (including phenoxy) is 2. The van der Waals surface area contributed by atoms with Crippen molar-refractivity contribution in [2.75, 3.05) is 11.9 Å². The minimum atomic E-state index is -0.685. The Morgan fingerprint density at radius 2 is 1.78 bits per heavy atom. The van der Waals surface area contributed by atoms with Gasteiger partial charge in [-0.05, 0) is 56.0 Å². The van der Waals surface area contributed by atoms with Crippen LogP contribution in [0.2, 0.25) is 0 Å². The van der Waals surface area contributed by atoms with E-state index in [1.54, 1.807) is 32.0 Å². The summed E-state index contributed by atoms with van der Waals surface area (Å²) in [4.78, 5) is 24.5. The SMILES string of the molecule is CCOC(=O)c1ccc(C)c(NC(=O)[C@H](C)Oc2ccccc2C(C)C)c1. The average Bonchev–Trinajstić information content (AvgIpc) is 2.63. The van der Waals surface area contributed by atoms with Gasteiger partial charge in [-0.15, -0.1) is 0 Å². The predicted molar refractivity (Wildman–Crippen MR) is 106 cm³/mol. The van der Waals surface area contributed by atoms with E-state index in [2.05, 4.69) is 19.2 Å². The Balaban J connectivity index is 2.13. The highest BCUT2D eigenvalue weighted by molar-refractivity contribution is 5.97. The van der Waals surface area contributed by atoms with E-state index in [0.29, 0.717) is 29.5 Å². The molecule has 2 rings (SSSR count). The van der Waals surface area contributed by atoms with E-state index in [9.17, 15) is 9.59 Å². The Hall–Kier alpha value is -2.82. The molecule has 0 aliphatic rings. The van der Waals surface area contributed by atoms with Crippen molar-refractivity contribution in [1.82, 2.24) is 0 Å². The summed E-state index contributed by atoms with van der Waals surface area (Å²) in [5.41, 5.74) is 2.87. The Labute approximate surface area is 160 Å². The van der Waals surface area contributed by atoms with Gasteiger partial charge in [-0.2, -0.15) is 0 Å². The van der Waals surface area contributed by atoms with Crippen molar-refractivity contribution in [1.29, 1.82) is 0 Å². The van der Waals surface area contributed by atoms with Gasteiger partial charge in [0.05, 0.1) is 12.2 Å². The summed E-state index contributed by atoms with van der Waals surface area (Å²) in [7, 11) is 0. The first kappa shape index (κ1) is 20.5. The van der Waals surface area contributed by atoms with Crippen LogP contribution < -0.4 is 10.1 Å². The van der Waals surface area contributed by atoms with Crippen molar-refractivity contribution in [2.45, 2.75) is 46.6 Å². The Bertz CT molecular complexity index is 814. The summed E-state index contributed by atoms with van der Waals surface area (Å²) in [5, 5.41) is 2.84. The summed E-state index contributed by atoms with van der Waals surface area (Å²) < 4.78 is 10.9. The van der Waals surface area contributed by atoms with Gasteiger partial charge in [0.2, 0.25) is 0 Å². The maximum atomic E-state index is 12.6. The van der Waals surface area contributed by atoms with Crippen LogP contribution in [-0.2, 0) is 9.53 Å². The monoisotopic (exact) mass is 369 g/mol. The average molecular weight is 369 g/mol. The molecule has 1 amide bonds. The molecule has 0 unspecified atom stereocenters. The second kappa shape index (κ2) is 9.21. The molecule has 1 atom stereocenters. The fourth-order valence-corrected chi connectivity index (χ4v) is 2.64. The smallest absolute Gasteiger partial charge is 0.338 e. The van der Waals surface area contributed by atoms with E-state index < -0.39 is 12.1 Å². The third-order valence-electron chi connectivity index (χ3n) is 4.22. The van der Waals surface area contributed by atoms with Crippen LogP contribution in [0.15, 0.2) is 42.5 Å². The fourth-order valence-electron chi connectivity index (χ4n) is 2.64. The number of carbonyl (C=O) groups is 2. The standard InChI is InChI=1S/C22H27NO4/c1-6-26-22(25)17-12-11-15(4)19(13-17)23-21(24)16(5)27-20-10-8-7-9-18(20)14(2)3/h7-14,16H,6H2,1-5H3,(H,23,24)/t16-/m0/s1. The molecule has 1 N–H and O–H groups in total. The van der Waals surface area contributed by atoms with Crippen molar-refractivity contribution in [2.24, 2.45) is 0 Å². The Kier molecular flexibility index (Phi) is 6.99. The molecular weight excluding hydrogens is 342 g/mol. The molecule has 0 saturated heterocycles. The lowest BCUT2D eigenvalue weighted by atomic mass is 10.0. The summed E-state index contributed by atoms with van der Waals surface area (Å²) in [6, 6.07) is 12.8. The van der Waals surface area contributed by atoms with E-state index in [-0.39, 0.29) is 5.91 Å². The number of benzene rings is 2. The van der Waals surface area contributed by atoms with Crippen LogP contribution in [0, 0.1) is 6.92 Å². The van der Waals surface area contributed by atoms with E-state index in [1.807, 2.05) is 31.2 Å². The molecule has 0 aliphatic carbocycles. The van der Waals surface area contributed by atoms with Crippen LogP contribution in [0.25, 0.3) is 0 Å². The van der Waals surface area contributed by atoms with Crippen molar-refractivity contribution in [3.8, 4) is 5.75 Å². The fraction of sp³-hybridized carbons (Fsp3) is 0.364. The molecule has 0 saturated carbocycles. The van der Waals surface area contributed by atoms with Crippen LogP contribution in [0.4, 0.5) is 5.69 Å². The lowest BCUT2D eigenvalue weighted by Gasteiger charge is -2.19. The van der Waals surface area contributed by atoms with Crippen molar-refractivity contribution < 1.29 is 19.1 Å². The zero-order valence-electron chi connectivity index (χ0n) is 16.5. The molecule has 27 heavy (non-hydrogen) atoms. The zero-order valence-corrected chi connectivity index (χ0v) is 16.5. The topological polar surface area (TPSA) is 64.6 Å². The summed E-state index contributed by atoms with van der Waals surface area (Å²) in [5.74, 6) is 0.299. The van der Waals surface area contributed by atoms with E-state index in [0.717, 1.165) is 11.1 Å².